The Morgan fingerprint density at radius 1 is 0.931 bits per heavy atom. The highest BCUT2D eigenvalue weighted by molar-refractivity contribution is 5.65. The predicted octanol–water partition coefficient (Wildman–Crippen LogP) is 5.35. The SMILES string of the molecule is CCOc1ccccc1Nc1nccc(Nc2ccc(N3CCCCC3)cc2)n1. The third kappa shape index (κ3) is 4.96. The van der Waals surface area contributed by atoms with Gasteiger partial charge in [0.15, 0.2) is 0 Å². The van der Waals surface area contributed by atoms with E-state index in [1.807, 2.05) is 37.3 Å². The first kappa shape index (κ1) is 19.1. The average Bonchev–Trinajstić information content (AvgIpc) is 2.77. The fourth-order valence-corrected chi connectivity index (χ4v) is 3.52. The van der Waals surface area contributed by atoms with Gasteiger partial charge in [0, 0.05) is 30.7 Å². The van der Waals surface area contributed by atoms with Crippen LogP contribution in [0.2, 0.25) is 0 Å². The molecule has 0 aliphatic carbocycles. The van der Waals surface area contributed by atoms with Gasteiger partial charge in [-0.2, -0.15) is 4.98 Å². The van der Waals surface area contributed by atoms with Crippen LogP contribution in [0.15, 0.2) is 60.8 Å². The van der Waals surface area contributed by atoms with Crippen LogP contribution in [0.5, 0.6) is 5.75 Å². The molecule has 6 nitrogen and oxygen atoms in total. The normalized spacial score (nSPS) is 13.8. The smallest absolute Gasteiger partial charge is 0.229 e. The van der Waals surface area contributed by atoms with Crippen molar-refractivity contribution in [1.29, 1.82) is 0 Å². The number of piperidine rings is 1. The second kappa shape index (κ2) is 9.28. The van der Waals surface area contributed by atoms with Gasteiger partial charge in [-0.1, -0.05) is 12.1 Å². The summed E-state index contributed by atoms with van der Waals surface area (Å²) in [6, 6.07) is 18.2. The Hall–Kier alpha value is -3.28. The van der Waals surface area contributed by atoms with Gasteiger partial charge in [-0.3, -0.25) is 0 Å². The van der Waals surface area contributed by atoms with Gasteiger partial charge in [0.2, 0.25) is 5.95 Å². The Morgan fingerprint density at radius 2 is 1.72 bits per heavy atom. The van der Waals surface area contributed by atoms with Crippen molar-refractivity contribution in [2.24, 2.45) is 0 Å². The minimum atomic E-state index is 0.520. The molecule has 1 aromatic heterocycles. The summed E-state index contributed by atoms with van der Waals surface area (Å²) in [6.45, 7) is 4.87. The maximum absolute atomic E-state index is 5.66. The van der Waals surface area contributed by atoms with Crippen LogP contribution in [0.3, 0.4) is 0 Å². The molecule has 0 atom stereocenters. The summed E-state index contributed by atoms with van der Waals surface area (Å²) in [5.74, 6) is 2.04. The number of nitrogens with zero attached hydrogens (tertiary/aromatic N) is 3. The zero-order valence-corrected chi connectivity index (χ0v) is 16.8. The van der Waals surface area contributed by atoms with Gasteiger partial charge in [-0.25, -0.2) is 4.98 Å². The van der Waals surface area contributed by atoms with Crippen LogP contribution in [0.25, 0.3) is 0 Å². The van der Waals surface area contributed by atoms with Crippen molar-refractivity contribution in [2.75, 3.05) is 35.2 Å². The second-order valence-electron chi connectivity index (χ2n) is 7.04. The van der Waals surface area contributed by atoms with Crippen LogP contribution >= 0.6 is 0 Å². The number of hydrogen-bond donors (Lipinski definition) is 2. The van der Waals surface area contributed by atoms with Crippen LogP contribution in [-0.4, -0.2) is 29.7 Å². The molecular weight excluding hydrogens is 362 g/mol. The zero-order valence-electron chi connectivity index (χ0n) is 16.8. The predicted molar refractivity (Wildman–Crippen MR) is 119 cm³/mol. The number of hydrogen-bond acceptors (Lipinski definition) is 6. The molecule has 2 N–H and O–H groups in total. The number of anilines is 5. The molecule has 0 unspecified atom stereocenters. The molecule has 1 fully saturated rings. The largest absolute Gasteiger partial charge is 0.492 e. The summed E-state index contributed by atoms with van der Waals surface area (Å²) in [6.07, 6.45) is 5.64. The van der Waals surface area contributed by atoms with Gasteiger partial charge in [0.05, 0.1) is 12.3 Å². The van der Waals surface area contributed by atoms with Crippen LogP contribution in [-0.2, 0) is 0 Å². The van der Waals surface area contributed by atoms with Crippen molar-refractivity contribution in [3.05, 3.63) is 60.8 Å². The topological polar surface area (TPSA) is 62.3 Å². The first-order chi connectivity index (χ1) is 14.3. The molecule has 0 bridgehead atoms. The Balaban J connectivity index is 1.44. The van der Waals surface area contributed by atoms with Crippen molar-refractivity contribution in [1.82, 2.24) is 9.97 Å². The van der Waals surface area contributed by atoms with Gasteiger partial charge >= 0.3 is 0 Å². The number of ether oxygens (including phenoxy) is 1. The van der Waals surface area contributed by atoms with Gasteiger partial charge in [-0.15, -0.1) is 0 Å². The lowest BCUT2D eigenvalue weighted by Crippen LogP contribution is -2.29. The Bertz CT molecular complexity index is 923. The summed E-state index contributed by atoms with van der Waals surface area (Å²) in [4.78, 5) is 11.4. The molecule has 1 aliphatic rings. The molecule has 2 heterocycles. The fraction of sp³-hybridized carbons (Fsp3) is 0.304. The highest BCUT2D eigenvalue weighted by atomic mass is 16.5. The lowest BCUT2D eigenvalue weighted by molar-refractivity contribution is 0.342. The molecule has 2 aromatic carbocycles. The summed E-state index contributed by atoms with van der Waals surface area (Å²) < 4.78 is 5.66. The summed E-state index contributed by atoms with van der Waals surface area (Å²) >= 11 is 0. The van der Waals surface area contributed by atoms with E-state index in [1.54, 1.807) is 6.20 Å². The molecule has 0 amide bonds. The van der Waals surface area contributed by atoms with Crippen LogP contribution in [0.4, 0.5) is 28.8 Å². The van der Waals surface area contributed by atoms with E-state index in [-0.39, 0.29) is 0 Å². The molecule has 0 saturated carbocycles. The molecule has 6 heteroatoms. The number of benzene rings is 2. The maximum atomic E-state index is 5.66. The van der Waals surface area contributed by atoms with E-state index in [1.165, 1.54) is 24.9 Å². The Labute approximate surface area is 172 Å². The number of nitrogens with one attached hydrogen (secondary N) is 2. The van der Waals surface area contributed by atoms with Crippen LogP contribution in [0, 0.1) is 0 Å². The minimum Gasteiger partial charge on any atom is -0.492 e. The van der Waals surface area contributed by atoms with E-state index in [4.69, 9.17) is 4.74 Å². The molecule has 0 radical (unpaired) electrons. The molecule has 1 aliphatic heterocycles. The van der Waals surface area contributed by atoms with Crippen molar-refractivity contribution in [2.45, 2.75) is 26.2 Å². The van der Waals surface area contributed by atoms with Crippen molar-refractivity contribution in [3.8, 4) is 5.75 Å². The highest BCUT2D eigenvalue weighted by Gasteiger charge is 2.11. The van der Waals surface area contributed by atoms with Gasteiger partial charge in [-0.05, 0) is 68.7 Å². The summed E-state index contributed by atoms with van der Waals surface area (Å²) in [5, 5.41) is 6.60. The first-order valence-electron chi connectivity index (χ1n) is 10.3. The number of rotatable bonds is 7. The van der Waals surface area contributed by atoms with E-state index < -0.39 is 0 Å². The Kier molecular flexibility index (Phi) is 6.10. The van der Waals surface area contributed by atoms with E-state index >= 15 is 0 Å². The van der Waals surface area contributed by atoms with E-state index in [2.05, 4.69) is 49.8 Å². The fourth-order valence-electron chi connectivity index (χ4n) is 3.52. The second-order valence-corrected chi connectivity index (χ2v) is 7.04. The Morgan fingerprint density at radius 3 is 2.52 bits per heavy atom. The zero-order chi connectivity index (χ0) is 19.9. The first-order valence-corrected chi connectivity index (χ1v) is 10.3. The molecular formula is C23H27N5O. The lowest BCUT2D eigenvalue weighted by atomic mass is 10.1. The third-order valence-corrected chi connectivity index (χ3v) is 4.95. The molecule has 150 valence electrons. The maximum Gasteiger partial charge on any atom is 0.229 e. The van der Waals surface area contributed by atoms with Crippen LogP contribution in [0.1, 0.15) is 26.2 Å². The monoisotopic (exact) mass is 389 g/mol. The van der Waals surface area contributed by atoms with Crippen molar-refractivity contribution < 1.29 is 4.74 Å². The highest BCUT2D eigenvalue weighted by Crippen LogP contribution is 2.27. The average molecular weight is 390 g/mol. The molecule has 3 aromatic rings. The van der Waals surface area contributed by atoms with Crippen LogP contribution < -0.4 is 20.3 Å². The number of para-hydroxylation sites is 2. The van der Waals surface area contributed by atoms with Gasteiger partial charge in [0.1, 0.15) is 11.6 Å². The third-order valence-electron chi connectivity index (χ3n) is 4.95. The van der Waals surface area contributed by atoms with E-state index in [0.29, 0.717) is 12.6 Å². The molecule has 4 rings (SSSR count). The standard InChI is InChI=1S/C23H27N5O/c1-2-29-21-9-5-4-8-20(21)26-23-24-15-14-22(27-23)25-18-10-12-19(13-11-18)28-16-6-3-7-17-28/h4-5,8-15H,2-3,6-7,16-17H2,1H3,(H2,24,25,26,27). The summed E-state index contributed by atoms with van der Waals surface area (Å²) in [5.41, 5.74) is 3.13. The summed E-state index contributed by atoms with van der Waals surface area (Å²) in [7, 11) is 0. The number of aromatic nitrogens is 2. The van der Waals surface area contributed by atoms with Gasteiger partial charge < -0.3 is 20.3 Å². The van der Waals surface area contributed by atoms with Crippen molar-refractivity contribution in [3.63, 3.8) is 0 Å². The molecule has 1 saturated heterocycles. The molecule has 0 spiro atoms. The van der Waals surface area contributed by atoms with Gasteiger partial charge in [0.25, 0.3) is 0 Å². The van der Waals surface area contributed by atoms with Crippen molar-refractivity contribution >= 4 is 28.8 Å². The quantitative estimate of drug-likeness (QED) is 0.568. The molecule has 29 heavy (non-hydrogen) atoms. The van der Waals surface area contributed by atoms with E-state index in [0.717, 1.165) is 36.0 Å². The van der Waals surface area contributed by atoms with E-state index in [9.17, 15) is 0 Å². The minimum absolute atomic E-state index is 0.520. The lowest BCUT2D eigenvalue weighted by Gasteiger charge is -2.28.